The van der Waals surface area contributed by atoms with Crippen LogP contribution in [0.3, 0.4) is 0 Å². The van der Waals surface area contributed by atoms with Crippen molar-refractivity contribution in [2.75, 3.05) is 0 Å². The van der Waals surface area contributed by atoms with Crippen LogP contribution in [-0.4, -0.2) is 9.97 Å². The molecule has 2 nitrogen and oxygen atoms in total. The Bertz CT molecular complexity index is 647. The van der Waals surface area contributed by atoms with E-state index in [4.69, 9.17) is 12.2 Å². The summed E-state index contributed by atoms with van der Waals surface area (Å²) in [7, 11) is 0. The summed E-state index contributed by atoms with van der Waals surface area (Å²) in [4.78, 5) is 7.66. The summed E-state index contributed by atoms with van der Waals surface area (Å²) in [6.07, 6.45) is 0.866. The SMILES string of the molecule is CCc1[nH]c(-c2ccc(F)cc2C)nc(=S)c1C. The first-order valence-corrected chi connectivity index (χ1v) is 6.30. The first-order valence-electron chi connectivity index (χ1n) is 5.89. The summed E-state index contributed by atoms with van der Waals surface area (Å²) < 4.78 is 13.7. The number of nitrogens with zero attached hydrogens (tertiary/aromatic N) is 1. The fourth-order valence-corrected chi connectivity index (χ4v) is 2.17. The van der Waals surface area contributed by atoms with Gasteiger partial charge in [-0.05, 0) is 44.0 Å². The number of aryl methyl sites for hydroxylation is 2. The van der Waals surface area contributed by atoms with E-state index in [0.29, 0.717) is 10.5 Å². The summed E-state index contributed by atoms with van der Waals surface area (Å²) >= 11 is 5.26. The zero-order valence-electron chi connectivity index (χ0n) is 10.7. The van der Waals surface area contributed by atoms with Crippen LogP contribution in [0.5, 0.6) is 0 Å². The molecule has 18 heavy (non-hydrogen) atoms. The van der Waals surface area contributed by atoms with Gasteiger partial charge in [-0.25, -0.2) is 9.37 Å². The molecule has 0 spiro atoms. The van der Waals surface area contributed by atoms with E-state index in [1.807, 2.05) is 13.8 Å². The lowest BCUT2D eigenvalue weighted by molar-refractivity contribution is 0.627. The quantitative estimate of drug-likeness (QED) is 0.825. The topological polar surface area (TPSA) is 28.7 Å². The highest BCUT2D eigenvalue weighted by molar-refractivity contribution is 7.71. The van der Waals surface area contributed by atoms with E-state index >= 15 is 0 Å². The molecule has 94 valence electrons. The fourth-order valence-electron chi connectivity index (χ4n) is 1.95. The molecule has 0 aliphatic carbocycles. The van der Waals surface area contributed by atoms with Gasteiger partial charge in [0.1, 0.15) is 16.3 Å². The highest BCUT2D eigenvalue weighted by Crippen LogP contribution is 2.22. The summed E-state index contributed by atoms with van der Waals surface area (Å²) in [5.74, 6) is 0.470. The summed E-state index contributed by atoms with van der Waals surface area (Å²) in [6.45, 7) is 5.89. The Labute approximate surface area is 111 Å². The molecule has 0 amide bonds. The number of hydrogen-bond acceptors (Lipinski definition) is 2. The molecule has 4 heteroatoms. The highest BCUT2D eigenvalue weighted by Gasteiger charge is 2.08. The van der Waals surface area contributed by atoms with Crippen molar-refractivity contribution in [2.45, 2.75) is 27.2 Å². The Morgan fingerprint density at radius 1 is 1.33 bits per heavy atom. The molecule has 1 heterocycles. The molecule has 0 atom stereocenters. The van der Waals surface area contributed by atoms with Crippen LogP contribution in [0.4, 0.5) is 4.39 Å². The number of hydrogen-bond donors (Lipinski definition) is 1. The molecule has 0 unspecified atom stereocenters. The van der Waals surface area contributed by atoms with Crippen LogP contribution in [0, 0.1) is 24.3 Å². The normalized spacial score (nSPS) is 10.7. The number of H-pyrrole nitrogens is 1. The molecule has 2 aromatic rings. The van der Waals surface area contributed by atoms with Gasteiger partial charge in [0.25, 0.3) is 0 Å². The van der Waals surface area contributed by atoms with Crippen molar-refractivity contribution in [3.05, 3.63) is 45.5 Å². The number of aromatic amines is 1. The number of halogens is 1. The van der Waals surface area contributed by atoms with Gasteiger partial charge in [-0.1, -0.05) is 19.1 Å². The van der Waals surface area contributed by atoms with Crippen LogP contribution in [0.1, 0.15) is 23.7 Å². The van der Waals surface area contributed by atoms with Crippen LogP contribution >= 0.6 is 12.2 Å². The van der Waals surface area contributed by atoms with E-state index < -0.39 is 0 Å². The monoisotopic (exact) mass is 262 g/mol. The molecule has 0 aliphatic heterocycles. The Kier molecular flexibility index (Phi) is 3.57. The lowest BCUT2D eigenvalue weighted by Gasteiger charge is -2.10. The van der Waals surface area contributed by atoms with Gasteiger partial charge in [0.15, 0.2) is 0 Å². The Hall–Kier alpha value is -1.55. The molecular weight excluding hydrogens is 247 g/mol. The zero-order valence-corrected chi connectivity index (χ0v) is 11.5. The maximum atomic E-state index is 13.1. The van der Waals surface area contributed by atoms with E-state index in [-0.39, 0.29) is 5.82 Å². The molecule has 0 fully saturated rings. The third-order valence-corrected chi connectivity index (χ3v) is 3.45. The minimum absolute atomic E-state index is 0.238. The lowest BCUT2D eigenvalue weighted by Crippen LogP contribution is -2.00. The molecular formula is C14H15FN2S. The maximum absolute atomic E-state index is 13.1. The summed E-state index contributed by atoms with van der Waals surface area (Å²) in [5, 5.41) is 0. The third kappa shape index (κ3) is 2.34. The molecule has 1 N–H and O–H groups in total. The number of benzene rings is 1. The van der Waals surface area contributed by atoms with Gasteiger partial charge in [-0.3, -0.25) is 0 Å². The first-order chi connectivity index (χ1) is 8.52. The average Bonchev–Trinajstić information content (AvgIpc) is 2.32. The largest absolute Gasteiger partial charge is 0.343 e. The number of aromatic nitrogens is 2. The molecule has 0 saturated carbocycles. The van der Waals surface area contributed by atoms with Gasteiger partial charge in [-0.15, -0.1) is 0 Å². The van der Waals surface area contributed by atoms with Gasteiger partial charge < -0.3 is 4.98 Å². The Morgan fingerprint density at radius 3 is 2.67 bits per heavy atom. The van der Waals surface area contributed by atoms with E-state index in [2.05, 4.69) is 16.9 Å². The van der Waals surface area contributed by atoms with Gasteiger partial charge in [0, 0.05) is 16.8 Å². The molecule has 1 aromatic heterocycles. The molecule has 0 aliphatic rings. The van der Waals surface area contributed by atoms with Crippen LogP contribution in [0.2, 0.25) is 0 Å². The van der Waals surface area contributed by atoms with Crippen molar-refractivity contribution in [3.8, 4) is 11.4 Å². The number of rotatable bonds is 2. The third-order valence-electron chi connectivity index (χ3n) is 3.05. The van der Waals surface area contributed by atoms with E-state index in [0.717, 1.165) is 28.8 Å². The minimum Gasteiger partial charge on any atom is -0.343 e. The predicted molar refractivity (Wildman–Crippen MR) is 73.7 cm³/mol. The lowest BCUT2D eigenvalue weighted by atomic mass is 10.1. The van der Waals surface area contributed by atoms with Crippen molar-refractivity contribution in [2.24, 2.45) is 0 Å². The summed E-state index contributed by atoms with van der Waals surface area (Å²) in [6, 6.07) is 4.67. The molecule has 0 radical (unpaired) electrons. The van der Waals surface area contributed by atoms with Crippen LogP contribution in [-0.2, 0) is 6.42 Å². The second kappa shape index (κ2) is 4.98. The van der Waals surface area contributed by atoms with Crippen molar-refractivity contribution < 1.29 is 4.39 Å². The predicted octanol–water partition coefficient (Wildman–Crippen LogP) is 4.12. The standard InChI is InChI=1S/C14H15FN2S/c1-4-12-9(3)14(18)17-13(16-12)11-6-5-10(15)7-8(11)2/h5-7H,4H2,1-3H3,(H,16,17,18). The summed E-state index contributed by atoms with van der Waals surface area (Å²) in [5.41, 5.74) is 3.82. The van der Waals surface area contributed by atoms with E-state index in [9.17, 15) is 4.39 Å². The smallest absolute Gasteiger partial charge is 0.139 e. The highest BCUT2D eigenvalue weighted by atomic mass is 32.1. The Balaban J connectivity index is 2.64. The first kappa shape index (κ1) is 12.9. The van der Waals surface area contributed by atoms with Gasteiger partial charge in [-0.2, -0.15) is 0 Å². The molecule has 1 aromatic carbocycles. The van der Waals surface area contributed by atoms with Crippen molar-refractivity contribution in [1.29, 1.82) is 0 Å². The van der Waals surface area contributed by atoms with Crippen molar-refractivity contribution in [3.63, 3.8) is 0 Å². The second-order valence-electron chi connectivity index (χ2n) is 4.31. The fraction of sp³-hybridized carbons (Fsp3) is 0.286. The van der Waals surface area contributed by atoms with Gasteiger partial charge >= 0.3 is 0 Å². The molecule has 2 rings (SSSR count). The van der Waals surface area contributed by atoms with Crippen LogP contribution in [0.15, 0.2) is 18.2 Å². The van der Waals surface area contributed by atoms with Crippen LogP contribution in [0.25, 0.3) is 11.4 Å². The van der Waals surface area contributed by atoms with E-state index in [1.54, 1.807) is 6.07 Å². The number of nitrogens with one attached hydrogen (secondary N) is 1. The maximum Gasteiger partial charge on any atom is 0.139 e. The zero-order chi connectivity index (χ0) is 13.3. The van der Waals surface area contributed by atoms with Crippen molar-refractivity contribution in [1.82, 2.24) is 9.97 Å². The van der Waals surface area contributed by atoms with Gasteiger partial charge in [0.2, 0.25) is 0 Å². The van der Waals surface area contributed by atoms with E-state index in [1.165, 1.54) is 12.1 Å². The van der Waals surface area contributed by atoms with Gasteiger partial charge in [0.05, 0.1) is 0 Å². The average molecular weight is 262 g/mol. The molecule has 0 saturated heterocycles. The van der Waals surface area contributed by atoms with Crippen molar-refractivity contribution >= 4 is 12.2 Å². The van der Waals surface area contributed by atoms with Crippen LogP contribution < -0.4 is 0 Å². The minimum atomic E-state index is -0.238. The second-order valence-corrected chi connectivity index (χ2v) is 4.69. The Morgan fingerprint density at radius 2 is 2.06 bits per heavy atom. The molecule has 0 bridgehead atoms.